The molecule has 0 saturated heterocycles. The van der Waals surface area contributed by atoms with Crippen molar-refractivity contribution < 1.29 is 0 Å². The number of halogens is 2. The minimum absolute atomic E-state index is 1.31. The Kier molecular flexibility index (Phi) is 24.4. The standard InChI is InChI=1S/C21H40I2/c22-20-18-16-14-12-10-8-6-4-2-1-3-5-7-9-11-13-15-17-19-21-23/h1-2H,3-21H2. The summed E-state index contributed by atoms with van der Waals surface area (Å²) < 4.78 is 2.67. The van der Waals surface area contributed by atoms with Crippen LogP contribution in [-0.2, 0) is 0 Å². The predicted molar refractivity (Wildman–Crippen MR) is 125 cm³/mol. The van der Waals surface area contributed by atoms with Gasteiger partial charge in [0.15, 0.2) is 0 Å². The van der Waals surface area contributed by atoms with Crippen LogP contribution in [0.4, 0.5) is 0 Å². The summed E-state index contributed by atoms with van der Waals surface area (Å²) in [4.78, 5) is 0. The van der Waals surface area contributed by atoms with E-state index in [1.807, 2.05) is 0 Å². The van der Waals surface area contributed by atoms with Crippen LogP contribution in [0.1, 0.15) is 109 Å². The molecule has 0 aliphatic carbocycles. The molecule has 138 valence electrons. The van der Waals surface area contributed by atoms with Gasteiger partial charge in [-0.3, -0.25) is 0 Å². The normalized spacial score (nSPS) is 11.6. The van der Waals surface area contributed by atoms with Gasteiger partial charge < -0.3 is 0 Å². The summed E-state index contributed by atoms with van der Waals surface area (Å²) in [6.07, 6.45) is 29.1. The molecule has 23 heavy (non-hydrogen) atoms. The van der Waals surface area contributed by atoms with Crippen LogP contribution in [0.5, 0.6) is 0 Å². The van der Waals surface area contributed by atoms with Crippen LogP contribution in [0.3, 0.4) is 0 Å². The smallest absolute Gasteiger partial charge is 0.000473 e. The highest BCUT2D eigenvalue weighted by Crippen LogP contribution is 2.12. The summed E-state index contributed by atoms with van der Waals surface area (Å²) in [5.74, 6) is 0. The molecule has 0 atom stereocenters. The van der Waals surface area contributed by atoms with Crippen molar-refractivity contribution in [2.75, 3.05) is 8.86 Å². The number of alkyl halides is 2. The summed E-state index contributed by atoms with van der Waals surface area (Å²) in [7, 11) is 0. The highest BCUT2D eigenvalue weighted by atomic mass is 127. The van der Waals surface area contributed by atoms with E-state index in [1.165, 1.54) is 118 Å². The maximum Gasteiger partial charge on any atom is -0.000473 e. The van der Waals surface area contributed by atoms with E-state index in [0.717, 1.165) is 0 Å². The Balaban J connectivity index is 3.03. The molecule has 0 fully saturated rings. The molecule has 0 aliphatic heterocycles. The van der Waals surface area contributed by atoms with E-state index in [2.05, 4.69) is 57.3 Å². The monoisotopic (exact) mass is 546 g/mol. The highest BCUT2D eigenvalue weighted by Gasteiger charge is 1.92. The lowest BCUT2D eigenvalue weighted by Gasteiger charge is -2.01. The number of allylic oxidation sites excluding steroid dienone is 2. The van der Waals surface area contributed by atoms with Gasteiger partial charge in [0.25, 0.3) is 0 Å². The molecule has 0 aromatic rings. The van der Waals surface area contributed by atoms with Gasteiger partial charge in [0.05, 0.1) is 0 Å². The average Bonchev–Trinajstić information content (AvgIpc) is 2.57. The molecule has 2 heteroatoms. The Hall–Kier alpha value is 1.20. The van der Waals surface area contributed by atoms with Crippen LogP contribution in [0.2, 0.25) is 0 Å². The van der Waals surface area contributed by atoms with E-state index in [0.29, 0.717) is 0 Å². The zero-order valence-electron chi connectivity index (χ0n) is 15.3. The summed E-state index contributed by atoms with van der Waals surface area (Å²) in [5, 5.41) is 0. The molecule has 0 heterocycles. The van der Waals surface area contributed by atoms with Crippen LogP contribution in [0.15, 0.2) is 12.2 Å². The first kappa shape index (κ1) is 24.2. The second-order valence-electron chi connectivity index (χ2n) is 6.73. The summed E-state index contributed by atoms with van der Waals surface area (Å²) >= 11 is 4.97. The van der Waals surface area contributed by atoms with E-state index in [-0.39, 0.29) is 0 Å². The third kappa shape index (κ3) is 23.2. The van der Waals surface area contributed by atoms with Crippen molar-refractivity contribution >= 4 is 45.2 Å². The fraction of sp³-hybridized carbons (Fsp3) is 0.905. The van der Waals surface area contributed by atoms with Gasteiger partial charge in [0.2, 0.25) is 0 Å². The predicted octanol–water partition coefficient (Wildman–Crippen LogP) is 9.04. The first-order valence-electron chi connectivity index (χ1n) is 10.2. The van der Waals surface area contributed by atoms with Crippen LogP contribution < -0.4 is 0 Å². The van der Waals surface area contributed by atoms with Gasteiger partial charge in [-0.05, 0) is 47.4 Å². The highest BCUT2D eigenvalue weighted by molar-refractivity contribution is 14.1. The maximum atomic E-state index is 2.49. The second-order valence-corrected chi connectivity index (χ2v) is 8.89. The van der Waals surface area contributed by atoms with E-state index in [1.54, 1.807) is 0 Å². The van der Waals surface area contributed by atoms with E-state index in [4.69, 9.17) is 0 Å². The lowest BCUT2D eigenvalue weighted by Crippen LogP contribution is -1.82. The van der Waals surface area contributed by atoms with Crippen molar-refractivity contribution in [3.8, 4) is 0 Å². The van der Waals surface area contributed by atoms with Gasteiger partial charge >= 0.3 is 0 Å². The number of hydrogen-bond acceptors (Lipinski definition) is 0. The molecule has 0 aromatic carbocycles. The zero-order valence-corrected chi connectivity index (χ0v) is 19.7. The van der Waals surface area contributed by atoms with Crippen LogP contribution in [0.25, 0.3) is 0 Å². The van der Waals surface area contributed by atoms with Gasteiger partial charge in [-0.1, -0.05) is 128 Å². The van der Waals surface area contributed by atoms with E-state index < -0.39 is 0 Å². The Morgan fingerprint density at radius 3 is 0.913 bits per heavy atom. The largest absolute Gasteiger partial charge is 0.0885 e. The Morgan fingerprint density at radius 1 is 0.348 bits per heavy atom. The topological polar surface area (TPSA) is 0 Å². The van der Waals surface area contributed by atoms with Gasteiger partial charge in [0, 0.05) is 0 Å². The van der Waals surface area contributed by atoms with Gasteiger partial charge in [-0.15, -0.1) is 0 Å². The van der Waals surface area contributed by atoms with Crippen molar-refractivity contribution in [3.63, 3.8) is 0 Å². The molecular weight excluding hydrogens is 506 g/mol. The summed E-state index contributed by atoms with van der Waals surface area (Å²) in [5.41, 5.74) is 0. The van der Waals surface area contributed by atoms with Crippen LogP contribution >= 0.6 is 45.2 Å². The number of rotatable bonds is 19. The van der Waals surface area contributed by atoms with Crippen molar-refractivity contribution in [1.29, 1.82) is 0 Å². The third-order valence-corrected chi connectivity index (χ3v) is 5.95. The molecule has 0 nitrogen and oxygen atoms in total. The fourth-order valence-electron chi connectivity index (χ4n) is 2.89. The molecule has 0 aromatic heterocycles. The van der Waals surface area contributed by atoms with Crippen molar-refractivity contribution in [1.82, 2.24) is 0 Å². The second kappa shape index (κ2) is 23.2. The Labute approximate surface area is 174 Å². The molecule has 0 rings (SSSR count). The number of hydrogen-bond donors (Lipinski definition) is 0. The minimum atomic E-state index is 1.31. The van der Waals surface area contributed by atoms with Crippen molar-refractivity contribution in [2.24, 2.45) is 0 Å². The molecule has 0 amide bonds. The SMILES string of the molecule is ICCCCCCCCCC=CCCCCCCCCCCI. The quantitative estimate of drug-likeness (QED) is 0.0657. The van der Waals surface area contributed by atoms with Gasteiger partial charge in [0.1, 0.15) is 0 Å². The Morgan fingerprint density at radius 2 is 0.609 bits per heavy atom. The minimum Gasteiger partial charge on any atom is -0.0885 e. The fourth-order valence-corrected chi connectivity index (χ4v) is 3.97. The van der Waals surface area contributed by atoms with Crippen LogP contribution in [-0.4, -0.2) is 8.86 Å². The molecule has 0 bridgehead atoms. The molecule has 0 unspecified atom stereocenters. The first-order chi connectivity index (χ1) is 11.4. The Bertz CT molecular complexity index is 226. The molecule has 0 aliphatic rings. The first-order valence-corrected chi connectivity index (χ1v) is 13.2. The molecule has 0 radical (unpaired) electrons. The lowest BCUT2D eigenvalue weighted by atomic mass is 10.1. The van der Waals surface area contributed by atoms with Crippen LogP contribution in [0, 0.1) is 0 Å². The van der Waals surface area contributed by atoms with E-state index >= 15 is 0 Å². The molecule has 0 N–H and O–H groups in total. The molecular formula is C21H40I2. The van der Waals surface area contributed by atoms with Crippen molar-refractivity contribution in [2.45, 2.75) is 109 Å². The maximum absolute atomic E-state index is 2.49. The van der Waals surface area contributed by atoms with Gasteiger partial charge in [-0.2, -0.15) is 0 Å². The summed E-state index contributed by atoms with van der Waals surface area (Å²) in [6.45, 7) is 0. The molecule has 0 saturated carbocycles. The van der Waals surface area contributed by atoms with E-state index in [9.17, 15) is 0 Å². The average molecular weight is 546 g/mol. The molecule has 0 spiro atoms. The lowest BCUT2D eigenvalue weighted by molar-refractivity contribution is 0.579. The zero-order chi connectivity index (χ0) is 16.8. The number of unbranched alkanes of at least 4 members (excludes halogenated alkanes) is 15. The van der Waals surface area contributed by atoms with Crippen molar-refractivity contribution in [3.05, 3.63) is 12.2 Å². The third-order valence-electron chi connectivity index (χ3n) is 4.43. The summed E-state index contributed by atoms with van der Waals surface area (Å²) in [6, 6.07) is 0. The van der Waals surface area contributed by atoms with Gasteiger partial charge in [-0.25, -0.2) is 0 Å².